The Hall–Kier alpha value is -1.26. The summed E-state index contributed by atoms with van der Waals surface area (Å²) >= 11 is 0. The Bertz CT molecular complexity index is 791. The van der Waals surface area contributed by atoms with E-state index in [1.807, 2.05) is 0 Å². The molecule has 1 unspecified atom stereocenters. The summed E-state index contributed by atoms with van der Waals surface area (Å²) in [6, 6.07) is 3.17. The predicted octanol–water partition coefficient (Wildman–Crippen LogP) is 9.05. The van der Waals surface area contributed by atoms with E-state index in [1.54, 1.807) is 13.0 Å². The van der Waals surface area contributed by atoms with Crippen molar-refractivity contribution >= 4 is 0 Å². The highest BCUT2D eigenvalue weighted by molar-refractivity contribution is 5.33. The third-order valence-electron chi connectivity index (χ3n) is 9.20. The average Bonchev–Trinajstić information content (AvgIpc) is 2.81. The summed E-state index contributed by atoms with van der Waals surface area (Å²) in [4.78, 5) is 0. The van der Waals surface area contributed by atoms with E-state index in [0.717, 1.165) is 51.4 Å². The van der Waals surface area contributed by atoms with Gasteiger partial charge < -0.3 is 4.74 Å². The van der Waals surface area contributed by atoms with Crippen LogP contribution in [0.3, 0.4) is 0 Å². The van der Waals surface area contributed by atoms with E-state index in [4.69, 9.17) is 4.74 Å². The molecule has 3 aliphatic rings. The lowest BCUT2D eigenvalue weighted by Crippen LogP contribution is -2.59. The van der Waals surface area contributed by atoms with Crippen molar-refractivity contribution in [2.75, 3.05) is 6.61 Å². The van der Waals surface area contributed by atoms with Gasteiger partial charge in [-0.15, -0.1) is 0 Å². The molecule has 186 valence electrons. The summed E-state index contributed by atoms with van der Waals surface area (Å²) in [7, 11) is 0. The molecule has 1 aromatic rings. The van der Waals surface area contributed by atoms with Crippen molar-refractivity contribution in [3.8, 4) is 5.75 Å². The zero-order valence-corrected chi connectivity index (χ0v) is 20.3. The molecule has 3 aliphatic carbocycles. The van der Waals surface area contributed by atoms with Gasteiger partial charge in [-0.2, -0.15) is 4.39 Å². The van der Waals surface area contributed by atoms with E-state index in [2.05, 4.69) is 6.92 Å². The maximum atomic E-state index is 15.2. The molecule has 0 amide bonds. The summed E-state index contributed by atoms with van der Waals surface area (Å²) in [5.74, 6) is -3.63. The van der Waals surface area contributed by atoms with Crippen LogP contribution in [-0.4, -0.2) is 12.5 Å². The Kier molecular flexibility index (Phi) is 7.65. The minimum atomic E-state index is -2.51. The lowest BCUT2D eigenvalue weighted by molar-refractivity contribution is -0.267. The van der Waals surface area contributed by atoms with Crippen LogP contribution in [0.4, 0.5) is 17.6 Å². The van der Waals surface area contributed by atoms with Gasteiger partial charge in [-0.3, -0.25) is 0 Å². The fraction of sp³-hybridized carbons (Fsp3) is 0.786. The first-order valence-electron chi connectivity index (χ1n) is 13.3. The summed E-state index contributed by atoms with van der Waals surface area (Å²) in [6.07, 6.45) is 11.2. The Labute approximate surface area is 196 Å². The first kappa shape index (κ1) is 24.9. The third kappa shape index (κ3) is 4.80. The van der Waals surface area contributed by atoms with E-state index in [0.29, 0.717) is 49.7 Å². The van der Waals surface area contributed by atoms with Crippen molar-refractivity contribution in [1.29, 1.82) is 0 Å². The van der Waals surface area contributed by atoms with Crippen molar-refractivity contribution in [1.82, 2.24) is 0 Å². The Morgan fingerprint density at radius 3 is 2.12 bits per heavy atom. The summed E-state index contributed by atoms with van der Waals surface area (Å²) in [5.41, 5.74) is -0.282. The van der Waals surface area contributed by atoms with Crippen LogP contribution in [0.15, 0.2) is 12.1 Å². The highest BCUT2D eigenvalue weighted by Crippen LogP contribution is 2.66. The maximum Gasteiger partial charge on any atom is 0.256 e. The van der Waals surface area contributed by atoms with Gasteiger partial charge in [0.15, 0.2) is 11.6 Å². The highest BCUT2D eigenvalue weighted by atomic mass is 19.3. The molecular weight excluding hydrogens is 428 g/mol. The van der Waals surface area contributed by atoms with Crippen molar-refractivity contribution in [2.45, 2.75) is 109 Å². The molecule has 0 radical (unpaired) electrons. The number of hydrogen-bond donors (Lipinski definition) is 0. The largest absolute Gasteiger partial charge is 0.491 e. The standard InChI is InChI=1S/C28H40F4O/c1-3-5-19-14-16-27(17-15-19)18-22(28(27,31)32)11-8-20-6-9-21(10-7-20)23-12-13-24(33-4-2)26(30)25(23)29/h12-13,19-22H,3-11,14-18H2,1-2H3. The Morgan fingerprint density at radius 2 is 1.52 bits per heavy atom. The maximum absolute atomic E-state index is 15.2. The molecule has 3 saturated carbocycles. The van der Waals surface area contributed by atoms with Crippen LogP contribution in [0.1, 0.15) is 109 Å². The molecule has 1 atom stereocenters. The van der Waals surface area contributed by atoms with E-state index in [9.17, 15) is 8.78 Å². The van der Waals surface area contributed by atoms with Gasteiger partial charge in [0.1, 0.15) is 0 Å². The molecule has 1 aromatic carbocycles. The van der Waals surface area contributed by atoms with Gasteiger partial charge in [0, 0.05) is 11.3 Å². The molecule has 0 aromatic heterocycles. The third-order valence-corrected chi connectivity index (χ3v) is 9.20. The second-order valence-corrected chi connectivity index (χ2v) is 11.0. The van der Waals surface area contributed by atoms with Crippen LogP contribution in [0, 0.1) is 34.8 Å². The monoisotopic (exact) mass is 468 g/mol. The van der Waals surface area contributed by atoms with Crippen LogP contribution in [0.5, 0.6) is 5.75 Å². The summed E-state index contributed by atoms with van der Waals surface area (Å²) in [6.45, 7) is 4.21. The lowest BCUT2D eigenvalue weighted by Gasteiger charge is -2.58. The van der Waals surface area contributed by atoms with Crippen LogP contribution in [0.25, 0.3) is 0 Å². The van der Waals surface area contributed by atoms with E-state index < -0.39 is 28.9 Å². The lowest BCUT2D eigenvalue weighted by atomic mass is 9.50. The van der Waals surface area contributed by atoms with E-state index in [-0.39, 0.29) is 11.7 Å². The number of alkyl halides is 2. The molecule has 33 heavy (non-hydrogen) atoms. The predicted molar refractivity (Wildman–Crippen MR) is 124 cm³/mol. The minimum Gasteiger partial charge on any atom is -0.491 e. The second-order valence-electron chi connectivity index (χ2n) is 11.0. The van der Waals surface area contributed by atoms with Gasteiger partial charge in [-0.05, 0) is 107 Å². The fourth-order valence-corrected chi connectivity index (χ4v) is 7.11. The van der Waals surface area contributed by atoms with E-state index >= 15 is 8.78 Å². The highest BCUT2D eigenvalue weighted by Gasteiger charge is 2.67. The van der Waals surface area contributed by atoms with Crippen molar-refractivity contribution < 1.29 is 22.3 Å². The summed E-state index contributed by atoms with van der Waals surface area (Å²) in [5, 5.41) is 0. The molecule has 0 bridgehead atoms. The molecule has 0 N–H and O–H groups in total. The Morgan fingerprint density at radius 1 is 0.848 bits per heavy atom. The molecule has 3 fully saturated rings. The quantitative estimate of drug-likeness (QED) is 0.346. The van der Waals surface area contributed by atoms with Gasteiger partial charge in [0.2, 0.25) is 5.82 Å². The normalized spacial score (nSPS) is 33.6. The molecule has 0 heterocycles. The first-order chi connectivity index (χ1) is 15.8. The number of benzene rings is 1. The van der Waals surface area contributed by atoms with Gasteiger partial charge in [-0.1, -0.05) is 25.8 Å². The van der Waals surface area contributed by atoms with Gasteiger partial charge in [-0.25, -0.2) is 13.2 Å². The molecule has 4 rings (SSSR count). The van der Waals surface area contributed by atoms with Crippen LogP contribution < -0.4 is 4.74 Å². The number of hydrogen-bond acceptors (Lipinski definition) is 1. The van der Waals surface area contributed by atoms with Crippen molar-refractivity contribution in [3.05, 3.63) is 29.3 Å². The van der Waals surface area contributed by atoms with Gasteiger partial charge in [0.05, 0.1) is 6.61 Å². The van der Waals surface area contributed by atoms with Crippen LogP contribution in [0.2, 0.25) is 0 Å². The van der Waals surface area contributed by atoms with Crippen molar-refractivity contribution in [2.24, 2.45) is 23.2 Å². The summed E-state index contributed by atoms with van der Waals surface area (Å²) < 4.78 is 64.3. The number of rotatable bonds is 8. The first-order valence-corrected chi connectivity index (χ1v) is 13.3. The zero-order chi connectivity index (χ0) is 23.6. The smallest absolute Gasteiger partial charge is 0.256 e. The minimum absolute atomic E-state index is 0.00172. The SMILES string of the molecule is CCCC1CCC2(CC1)CC(CCC1CCC(c3ccc(OCC)c(F)c3F)CC1)C2(F)F. The average molecular weight is 469 g/mol. The zero-order valence-electron chi connectivity index (χ0n) is 20.3. The van der Waals surface area contributed by atoms with Crippen LogP contribution >= 0.6 is 0 Å². The Balaban J connectivity index is 1.24. The molecular formula is C28H40F4O. The molecule has 5 heteroatoms. The van der Waals surface area contributed by atoms with Crippen molar-refractivity contribution in [3.63, 3.8) is 0 Å². The molecule has 0 saturated heterocycles. The topological polar surface area (TPSA) is 9.23 Å². The second kappa shape index (κ2) is 10.2. The molecule has 1 spiro atoms. The molecule has 1 nitrogen and oxygen atoms in total. The number of ether oxygens (including phenoxy) is 1. The van der Waals surface area contributed by atoms with E-state index in [1.165, 1.54) is 12.5 Å². The molecule has 0 aliphatic heterocycles. The van der Waals surface area contributed by atoms with Gasteiger partial charge >= 0.3 is 0 Å². The fourth-order valence-electron chi connectivity index (χ4n) is 7.11. The van der Waals surface area contributed by atoms with Crippen LogP contribution in [-0.2, 0) is 0 Å². The van der Waals surface area contributed by atoms with Gasteiger partial charge in [0.25, 0.3) is 5.92 Å². The number of halogens is 4.